The fourth-order valence-corrected chi connectivity index (χ4v) is 2.45. The number of fused-ring (bicyclic) bond motifs is 3. The third-order valence-electron chi connectivity index (χ3n) is 3.27. The highest BCUT2D eigenvalue weighted by atomic mass is 19.1. The van der Waals surface area contributed by atoms with E-state index in [1.807, 2.05) is 13.0 Å². The summed E-state index contributed by atoms with van der Waals surface area (Å²) in [6.07, 6.45) is 0.635. The number of nitrogens with zero attached hydrogens (tertiary/aromatic N) is 2. The van der Waals surface area contributed by atoms with Gasteiger partial charge in [0.1, 0.15) is 17.7 Å². The highest BCUT2D eigenvalue weighted by Gasteiger charge is 2.22. The van der Waals surface area contributed by atoms with Gasteiger partial charge in [-0.25, -0.2) is 9.37 Å². The quantitative estimate of drug-likeness (QED) is 0.763. The van der Waals surface area contributed by atoms with Gasteiger partial charge in [0.25, 0.3) is 0 Å². The van der Waals surface area contributed by atoms with Gasteiger partial charge in [0.2, 0.25) is 0 Å². The molecular weight excluding hydrogens is 241 g/mol. The summed E-state index contributed by atoms with van der Waals surface area (Å²) in [6.45, 7) is 2.66. The minimum absolute atomic E-state index is 0.237. The summed E-state index contributed by atoms with van der Waals surface area (Å²) in [6, 6.07) is 8.73. The van der Waals surface area contributed by atoms with Crippen molar-refractivity contribution in [2.24, 2.45) is 0 Å². The first-order valence-electron chi connectivity index (χ1n) is 6.19. The van der Waals surface area contributed by atoms with E-state index in [0.29, 0.717) is 24.3 Å². The molecule has 4 heteroatoms. The number of pyridine rings is 1. The summed E-state index contributed by atoms with van der Waals surface area (Å²) in [5.74, 6) is 0.361. The third kappa shape index (κ3) is 1.84. The standard InChI is InChI=1S/C15H12FN3/c1-2-18-15-11(8-17)6-10-5-9-7-12(16)3-4-13(9)14(10)19-15/h3-4,6-7H,2,5H2,1H3,(H,18,19). The van der Waals surface area contributed by atoms with Crippen molar-refractivity contribution in [3.63, 3.8) is 0 Å². The second-order valence-electron chi connectivity index (χ2n) is 4.51. The van der Waals surface area contributed by atoms with E-state index < -0.39 is 0 Å². The van der Waals surface area contributed by atoms with E-state index in [1.165, 1.54) is 12.1 Å². The Bertz CT molecular complexity index is 701. The second kappa shape index (κ2) is 4.36. The van der Waals surface area contributed by atoms with Crippen LogP contribution < -0.4 is 5.32 Å². The van der Waals surface area contributed by atoms with Crippen LogP contribution in [0.3, 0.4) is 0 Å². The van der Waals surface area contributed by atoms with Crippen LogP contribution in [-0.2, 0) is 6.42 Å². The molecule has 0 fully saturated rings. The molecule has 0 bridgehead atoms. The van der Waals surface area contributed by atoms with Gasteiger partial charge in [-0.2, -0.15) is 5.26 Å². The zero-order valence-corrected chi connectivity index (χ0v) is 10.5. The molecule has 3 rings (SSSR count). The van der Waals surface area contributed by atoms with Gasteiger partial charge >= 0.3 is 0 Å². The van der Waals surface area contributed by atoms with Gasteiger partial charge in [-0.1, -0.05) is 0 Å². The first kappa shape index (κ1) is 11.7. The molecule has 0 atom stereocenters. The van der Waals surface area contributed by atoms with Gasteiger partial charge in [0, 0.05) is 18.5 Å². The third-order valence-corrected chi connectivity index (χ3v) is 3.27. The molecule has 1 aliphatic rings. The fraction of sp³-hybridized carbons (Fsp3) is 0.200. The average Bonchev–Trinajstić information content (AvgIpc) is 2.74. The highest BCUT2D eigenvalue weighted by Crippen LogP contribution is 2.37. The zero-order valence-electron chi connectivity index (χ0n) is 10.5. The summed E-state index contributed by atoms with van der Waals surface area (Å²) in [5.41, 5.74) is 4.26. The maximum atomic E-state index is 13.2. The van der Waals surface area contributed by atoms with E-state index in [0.717, 1.165) is 22.4 Å². The van der Waals surface area contributed by atoms with Crippen molar-refractivity contribution in [2.45, 2.75) is 13.3 Å². The average molecular weight is 253 g/mol. The van der Waals surface area contributed by atoms with Gasteiger partial charge in [-0.15, -0.1) is 0 Å². The van der Waals surface area contributed by atoms with Crippen LogP contribution in [0.5, 0.6) is 0 Å². The van der Waals surface area contributed by atoms with Crippen molar-refractivity contribution < 1.29 is 4.39 Å². The summed E-state index contributed by atoms with van der Waals surface area (Å²) >= 11 is 0. The van der Waals surface area contributed by atoms with Crippen LogP contribution in [0.25, 0.3) is 11.3 Å². The Hall–Kier alpha value is -2.41. The number of hydrogen-bond donors (Lipinski definition) is 1. The lowest BCUT2D eigenvalue weighted by atomic mass is 10.1. The molecule has 19 heavy (non-hydrogen) atoms. The molecule has 94 valence electrons. The molecule has 0 saturated heterocycles. The Balaban J connectivity index is 2.17. The van der Waals surface area contributed by atoms with E-state index >= 15 is 0 Å². The summed E-state index contributed by atoms with van der Waals surface area (Å²) in [7, 11) is 0. The fourth-order valence-electron chi connectivity index (χ4n) is 2.45. The highest BCUT2D eigenvalue weighted by molar-refractivity contribution is 5.76. The molecular formula is C15H12FN3. The summed E-state index contributed by atoms with van der Waals surface area (Å²) < 4.78 is 13.2. The molecule has 0 saturated carbocycles. The van der Waals surface area contributed by atoms with Crippen LogP contribution in [0, 0.1) is 17.1 Å². The maximum absolute atomic E-state index is 13.2. The minimum Gasteiger partial charge on any atom is -0.369 e. The van der Waals surface area contributed by atoms with Crippen LogP contribution >= 0.6 is 0 Å². The van der Waals surface area contributed by atoms with E-state index in [2.05, 4.69) is 16.4 Å². The summed E-state index contributed by atoms with van der Waals surface area (Å²) in [5, 5.41) is 12.2. The SMILES string of the molecule is CCNc1nc2c(cc1C#N)Cc1cc(F)ccc1-2. The first-order valence-corrected chi connectivity index (χ1v) is 6.19. The van der Waals surface area contributed by atoms with Crippen molar-refractivity contribution >= 4 is 5.82 Å². The van der Waals surface area contributed by atoms with Crippen molar-refractivity contribution in [3.05, 3.63) is 46.8 Å². The number of anilines is 1. The predicted molar refractivity (Wildman–Crippen MR) is 71.3 cm³/mol. The normalized spacial score (nSPS) is 11.6. The van der Waals surface area contributed by atoms with Gasteiger partial charge in [-0.05, 0) is 42.3 Å². The molecule has 0 unspecified atom stereocenters. The van der Waals surface area contributed by atoms with E-state index in [1.54, 1.807) is 6.07 Å². The van der Waals surface area contributed by atoms with Crippen LogP contribution in [0.4, 0.5) is 10.2 Å². The Kier molecular flexibility index (Phi) is 2.68. The smallest absolute Gasteiger partial charge is 0.144 e. The number of nitrogens with one attached hydrogen (secondary N) is 1. The number of benzene rings is 1. The molecule has 1 N–H and O–H groups in total. The maximum Gasteiger partial charge on any atom is 0.144 e. The van der Waals surface area contributed by atoms with Crippen LogP contribution in [0.15, 0.2) is 24.3 Å². The van der Waals surface area contributed by atoms with E-state index in [-0.39, 0.29) is 5.82 Å². The van der Waals surface area contributed by atoms with Gasteiger partial charge in [0.15, 0.2) is 0 Å². The van der Waals surface area contributed by atoms with Crippen LogP contribution in [-0.4, -0.2) is 11.5 Å². The Morgan fingerprint density at radius 2 is 2.21 bits per heavy atom. The van der Waals surface area contributed by atoms with Crippen LogP contribution in [0.1, 0.15) is 23.6 Å². The zero-order chi connectivity index (χ0) is 13.4. The molecule has 0 radical (unpaired) electrons. The molecule has 0 amide bonds. The van der Waals surface area contributed by atoms with Crippen molar-refractivity contribution in [1.82, 2.24) is 4.98 Å². The van der Waals surface area contributed by atoms with Crippen molar-refractivity contribution in [3.8, 4) is 17.3 Å². The molecule has 0 spiro atoms. The predicted octanol–water partition coefficient (Wildman–Crippen LogP) is 3.10. The molecule has 0 aliphatic heterocycles. The van der Waals surface area contributed by atoms with Gasteiger partial charge < -0.3 is 5.32 Å². The number of halogens is 1. The Labute approximate surface area is 110 Å². The first-order chi connectivity index (χ1) is 9.22. The molecule has 2 aromatic rings. The number of rotatable bonds is 2. The van der Waals surface area contributed by atoms with E-state index in [4.69, 9.17) is 5.26 Å². The van der Waals surface area contributed by atoms with Gasteiger partial charge in [-0.3, -0.25) is 0 Å². The molecule has 3 nitrogen and oxygen atoms in total. The lowest BCUT2D eigenvalue weighted by Gasteiger charge is -2.08. The van der Waals surface area contributed by atoms with Crippen LogP contribution in [0.2, 0.25) is 0 Å². The van der Waals surface area contributed by atoms with Crippen molar-refractivity contribution in [2.75, 3.05) is 11.9 Å². The molecule has 1 heterocycles. The van der Waals surface area contributed by atoms with E-state index in [9.17, 15) is 4.39 Å². The molecule has 1 aromatic carbocycles. The van der Waals surface area contributed by atoms with Crippen molar-refractivity contribution in [1.29, 1.82) is 5.26 Å². The monoisotopic (exact) mass is 253 g/mol. The number of nitriles is 1. The Morgan fingerprint density at radius 1 is 1.37 bits per heavy atom. The van der Waals surface area contributed by atoms with Gasteiger partial charge in [0.05, 0.1) is 11.3 Å². The topological polar surface area (TPSA) is 48.7 Å². The lowest BCUT2D eigenvalue weighted by molar-refractivity contribution is 0.626. The lowest BCUT2D eigenvalue weighted by Crippen LogP contribution is -2.03. The number of hydrogen-bond acceptors (Lipinski definition) is 3. The second-order valence-corrected chi connectivity index (χ2v) is 4.51. The molecule has 1 aliphatic carbocycles. The minimum atomic E-state index is -0.237. The largest absolute Gasteiger partial charge is 0.369 e. The molecule has 1 aromatic heterocycles. The number of aromatic nitrogens is 1. The Morgan fingerprint density at radius 3 is 2.95 bits per heavy atom. The summed E-state index contributed by atoms with van der Waals surface area (Å²) in [4.78, 5) is 4.53.